The second-order valence-corrected chi connectivity index (χ2v) is 16.1. The van der Waals surface area contributed by atoms with Gasteiger partial charge in [0.1, 0.15) is 0 Å². The molecular formula is C63H61N. The molecule has 0 fully saturated rings. The lowest BCUT2D eigenvalue weighted by molar-refractivity contribution is 0.971. The maximum atomic E-state index is 4.64. The fourth-order valence-corrected chi connectivity index (χ4v) is 8.03. The predicted molar refractivity (Wildman–Crippen MR) is 281 cm³/mol. The number of benzene rings is 7. The maximum absolute atomic E-state index is 4.64. The van der Waals surface area contributed by atoms with E-state index in [0.29, 0.717) is 0 Å². The van der Waals surface area contributed by atoms with Crippen LogP contribution in [0.3, 0.4) is 0 Å². The monoisotopic (exact) mass is 831 g/mol. The molecule has 0 saturated heterocycles. The van der Waals surface area contributed by atoms with E-state index in [0.717, 1.165) is 28.8 Å². The Morgan fingerprint density at radius 2 is 1.12 bits per heavy atom. The Hall–Kier alpha value is -7.35. The number of nitrogens with zero attached hydrogens (tertiary/aromatic N) is 1. The minimum atomic E-state index is 0.876. The van der Waals surface area contributed by atoms with Crippen LogP contribution < -0.4 is 0 Å². The summed E-state index contributed by atoms with van der Waals surface area (Å²) in [7, 11) is 1.86. The molecule has 8 rings (SSSR count). The van der Waals surface area contributed by atoms with E-state index in [1.165, 1.54) is 85.2 Å². The Balaban J connectivity index is 0.000000316. The second-order valence-electron chi connectivity index (χ2n) is 16.1. The first-order valence-electron chi connectivity index (χ1n) is 22.3. The molecule has 0 saturated carbocycles. The predicted octanol–water partition coefficient (Wildman–Crippen LogP) is 16.8. The summed E-state index contributed by atoms with van der Waals surface area (Å²) in [6.07, 6.45) is 16.6. The molecule has 1 aliphatic rings. The molecule has 1 nitrogen and oxygen atoms in total. The first-order valence-corrected chi connectivity index (χ1v) is 22.3. The highest BCUT2D eigenvalue weighted by Gasteiger charge is 2.11. The van der Waals surface area contributed by atoms with Crippen molar-refractivity contribution in [1.82, 2.24) is 0 Å². The Bertz CT molecular complexity index is 2780. The summed E-state index contributed by atoms with van der Waals surface area (Å²) in [5.74, 6) is 0. The minimum Gasteiger partial charge on any atom is -0.288 e. The molecule has 7 aromatic carbocycles. The van der Waals surface area contributed by atoms with Gasteiger partial charge in [-0.25, -0.2) is 0 Å². The second kappa shape index (κ2) is 23.8. The Labute approximate surface area is 383 Å². The molecule has 1 heteroatoms. The van der Waals surface area contributed by atoms with Gasteiger partial charge in [0.05, 0.1) is 5.71 Å². The first-order chi connectivity index (χ1) is 31.3. The number of hydrogen-bond donors (Lipinski definition) is 0. The third-order valence-electron chi connectivity index (χ3n) is 11.5. The molecule has 318 valence electrons. The zero-order valence-electron chi connectivity index (χ0n) is 38.3. The van der Waals surface area contributed by atoms with Crippen LogP contribution in [0.1, 0.15) is 82.3 Å². The largest absolute Gasteiger partial charge is 0.288 e. The van der Waals surface area contributed by atoms with E-state index in [-0.39, 0.29) is 0 Å². The smallest absolute Gasteiger partial charge is 0.0649 e. The van der Waals surface area contributed by atoms with E-state index in [9.17, 15) is 0 Å². The van der Waals surface area contributed by atoms with Gasteiger partial charge >= 0.3 is 0 Å². The van der Waals surface area contributed by atoms with Gasteiger partial charge in [-0.2, -0.15) is 0 Å². The van der Waals surface area contributed by atoms with Crippen LogP contribution in [0.2, 0.25) is 0 Å². The van der Waals surface area contributed by atoms with E-state index in [2.05, 4.69) is 258 Å². The van der Waals surface area contributed by atoms with E-state index in [1.54, 1.807) is 0 Å². The van der Waals surface area contributed by atoms with Crippen LogP contribution in [-0.4, -0.2) is 12.8 Å². The highest BCUT2D eigenvalue weighted by Crippen LogP contribution is 2.30. The number of aryl methyl sites for hydroxylation is 2. The summed E-state index contributed by atoms with van der Waals surface area (Å²) in [5.41, 5.74) is 21.2. The average molecular weight is 832 g/mol. The van der Waals surface area contributed by atoms with Crippen molar-refractivity contribution >= 4 is 29.0 Å². The normalized spacial score (nSPS) is 12.9. The third-order valence-corrected chi connectivity index (χ3v) is 11.5. The van der Waals surface area contributed by atoms with E-state index < -0.39 is 0 Å². The molecule has 0 radical (unpaired) electrons. The van der Waals surface area contributed by atoms with Gasteiger partial charge in [-0.05, 0) is 137 Å². The van der Waals surface area contributed by atoms with Gasteiger partial charge in [0, 0.05) is 7.05 Å². The number of aliphatic imine (C=N–C) groups is 1. The number of rotatable bonds is 11. The zero-order valence-corrected chi connectivity index (χ0v) is 38.3. The fraction of sp³-hybridized carbons (Fsp3) is 0.127. The molecule has 0 spiro atoms. The highest BCUT2D eigenvalue weighted by molar-refractivity contribution is 6.13. The summed E-state index contributed by atoms with van der Waals surface area (Å²) in [6, 6.07) is 64.7. The van der Waals surface area contributed by atoms with Crippen molar-refractivity contribution in [3.63, 3.8) is 0 Å². The SMILES string of the molecule is C/C(=C\c1ccccc1C)C1=CC=CCC1.C=C.CN=C(/C=C(/c1ccccc1)c1ccc(-c2cc(C)cc(Cc3ccccc3/C=C(\C)c3ccccc3)c2)cc1)c1ccccc1. The van der Waals surface area contributed by atoms with Crippen LogP contribution in [0.5, 0.6) is 0 Å². The molecule has 0 aliphatic heterocycles. The lowest BCUT2D eigenvalue weighted by atomic mass is 9.91. The Kier molecular flexibility index (Phi) is 17.1. The molecule has 0 amide bonds. The number of hydrogen-bond acceptors (Lipinski definition) is 1. The molecule has 0 heterocycles. The Morgan fingerprint density at radius 1 is 0.562 bits per heavy atom. The molecule has 0 atom stereocenters. The molecule has 1 aliphatic carbocycles. The van der Waals surface area contributed by atoms with Crippen molar-refractivity contribution in [1.29, 1.82) is 0 Å². The summed E-state index contributed by atoms with van der Waals surface area (Å²) in [6.45, 7) is 14.8. The molecule has 7 aromatic rings. The molecule has 0 bridgehead atoms. The summed E-state index contributed by atoms with van der Waals surface area (Å²) in [4.78, 5) is 4.64. The zero-order chi connectivity index (χ0) is 45.1. The topological polar surface area (TPSA) is 12.4 Å². The van der Waals surface area contributed by atoms with Crippen molar-refractivity contribution in [2.45, 2.75) is 47.0 Å². The van der Waals surface area contributed by atoms with Crippen LogP contribution in [-0.2, 0) is 6.42 Å². The van der Waals surface area contributed by atoms with Crippen molar-refractivity contribution in [2.75, 3.05) is 7.05 Å². The summed E-state index contributed by atoms with van der Waals surface area (Å²) >= 11 is 0. The van der Waals surface area contributed by atoms with E-state index in [4.69, 9.17) is 0 Å². The van der Waals surface area contributed by atoms with Gasteiger partial charge in [-0.3, -0.25) is 4.99 Å². The minimum absolute atomic E-state index is 0.876. The van der Waals surface area contributed by atoms with Gasteiger partial charge in [-0.1, -0.05) is 218 Å². The maximum Gasteiger partial charge on any atom is 0.0649 e. The third kappa shape index (κ3) is 12.8. The lowest BCUT2D eigenvalue weighted by Crippen LogP contribution is -1.99. The van der Waals surface area contributed by atoms with Crippen molar-refractivity contribution in [3.8, 4) is 11.1 Å². The van der Waals surface area contributed by atoms with Crippen LogP contribution in [0.4, 0.5) is 0 Å². The van der Waals surface area contributed by atoms with Crippen LogP contribution in [0.25, 0.3) is 34.4 Å². The van der Waals surface area contributed by atoms with Gasteiger partial charge < -0.3 is 0 Å². The van der Waals surface area contributed by atoms with Crippen LogP contribution in [0, 0.1) is 13.8 Å². The molecular weight excluding hydrogens is 771 g/mol. The Morgan fingerprint density at radius 3 is 1.75 bits per heavy atom. The standard InChI is InChI=1S/C45H39N.C16H18.C2H4/c1-33-27-35(30-42-22-14-13-21-41(42)29-34(2)36-15-7-4-8-16-36)31-43(28-33)37-23-25-39(26-24-37)44(38-17-9-5-10-18-38)32-45(46-3)40-19-11-6-12-20-40;1-13-8-6-7-11-16(13)12-14(2)15-9-4-3-5-10-15;1-2/h4-29,31-32H,30H2,1-3H3;3-4,6-9,11-12H,5,10H2,1-2H3;1-2H2/b34-29+,44-32-,46-45?;14-12+;. The molecule has 0 N–H and O–H groups in total. The van der Waals surface area contributed by atoms with Crippen LogP contribution >= 0.6 is 0 Å². The van der Waals surface area contributed by atoms with Gasteiger partial charge in [0.2, 0.25) is 0 Å². The quantitative estimate of drug-likeness (QED) is 0.0699. The molecule has 0 aromatic heterocycles. The number of allylic oxidation sites excluding steroid dienone is 7. The lowest BCUT2D eigenvalue weighted by Gasteiger charge is -2.13. The first kappa shape index (κ1) is 46.2. The average Bonchev–Trinajstić information content (AvgIpc) is 3.35. The summed E-state index contributed by atoms with van der Waals surface area (Å²) < 4.78 is 0. The van der Waals surface area contributed by atoms with Crippen molar-refractivity contribution in [2.24, 2.45) is 4.99 Å². The van der Waals surface area contributed by atoms with E-state index >= 15 is 0 Å². The van der Waals surface area contributed by atoms with Gasteiger partial charge in [0.25, 0.3) is 0 Å². The molecule has 0 unspecified atom stereocenters. The van der Waals surface area contributed by atoms with Gasteiger partial charge in [-0.15, -0.1) is 13.2 Å². The fourth-order valence-electron chi connectivity index (χ4n) is 8.03. The van der Waals surface area contributed by atoms with Crippen molar-refractivity contribution < 1.29 is 0 Å². The van der Waals surface area contributed by atoms with Crippen LogP contribution in [0.15, 0.2) is 236 Å². The van der Waals surface area contributed by atoms with Gasteiger partial charge in [0.15, 0.2) is 0 Å². The molecule has 64 heavy (non-hydrogen) atoms. The summed E-state index contributed by atoms with van der Waals surface area (Å²) in [5, 5.41) is 0. The van der Waals surface area contributed by atoms with E-state index in [1.807, 2.05) is 13.1 Å². The van der Waals surface area contributed by atoms with Crippen molar-refractivity contribution in [3.05, 3.63) is 286 Å². The highest BCUT2D eigenvalue weighted by atomic mass is 14.7.